The summed E-state index contributed by atoms with van der Waals surface area (Å²) in [6.07, 6.45) is 0. The Hall–Kier alpha value is -1.75. The van der Waals surface area contributed by atoms with E-state index >= 15 is 0 Å². The lowest BCUT2D eigenvalue weighted by molar-refractivity contribution is 0.0914. The molecule has 5 heteroatoms. The van der Waals surface area contributed by atoms with Gasteiger partial charge in [-0.2, -0.15) is 0 Å². The van der Waals surface area contributed by atoms with Crippen molar-refractivity contribution in [2.24, 2.45) is 0 Å². The largest absolute Gasteiger partial charge is 0.493 e. The lowest BCUT2D eigenvalue weighted by Gasteiger charge is -2.21. The number of methoxy groups -OCH3 is 2. The summed E-state index contributed by atoms with van der Waals surface area (Å²) in [5.74, 6) is 0.907. The molecule has 0 aliphatic heterocycles. The SMILES string of the molecule is COc1ccc(C(=O)NNC(C)(C)C)cc1OC. The van der Waals surface area contributed by atoms with Gasteiger partial charge in [0, 0.05) is 11.1 Å². The molecule has 0 fully saturated rings. The Kier molecular flexibility index (Phi) is 4.55. The van der Waals surface area contributed by atoms with Crippen molar-refractivity contribution in [2.75, 3.05) is 14.2 Å². The van der Waals surface area contributed by atoms with Gasteiger partial charge in [0.05, 0.1) is 14.2 Å². The maximum absolute atomic E-state index is 11.9. The molecule has 1 rings (SSSR count). The predicted molar refractivity (Wildman–Crippen MR) is 69.9 cm³/mol. The molecule has 0 unspecified atom stereocenters. The van der Waals surface area contributed by atoms with Gasteiger partial charge in [0.2, 0.25) is 0 Å². The molecule has 0 aromatic heterocycles. The summed E-state index contributed by atoms with van der Waals surface area (Å²) >= 11 is 0. The minimum absolute atomic E-state index is 0.188. The monoisotopic (exact) mass is 252 g/mol. The number of carbonyl (C=O) groups excluding carboxylic acids is 1. The molecule has 0 heterocycles. The van der Waals surface area contributed by atoms with Gasteiger partial charge in [0.1, 0.15) is 0 Å². The van der Waals surface area contributed by atoms with E-state index in [1.165, 1.54) is 7.11 Å². The zero-order valence-electron chi connectivity index (χ0n) is 11.5. The van der Waals surface area contributed by atoms with E-state index in [0.717, 1.165) is 0 Å². The molecule has 0 bridgehead atoms. The van der Waals surface area contributed by atoms with Crippen LogP contribution in [0.15, 0.2) is 18.2 Å². The van der Waals surface area contributed by atoms with Crippen LogP contribution in [0.2, 0.25) is 0 Å². The molecular weight excluding hydrogens is 232 g/mol. The van der Waals surface area contributed by atoms with Gasteiger partial charge in [-0.1, -0.05) is 0 Å². The normalized spacial score (nSPS) is 10.9. The average molecular weight is 252 g/mol. The maximum Gasteiger partial charge on any atom is 0.265 e. The van der Waals surface area contributed by atoms with E-state index in [1.807, 2.05) is 20.8 Å². The summed E-state index contributed by atoms with van der Waals surface area (Å²) in [6.45, 7) is 5.88. The highest BCUT2D eigenvalue weighted by atomic mass is 16.5. The van der Waals surface area contributed by atoms with E-state index in [4.69, 9.17) is 9.47 Å². The molecule has 1 aromatic carbocycles. The van der Waals surface area contributed by atoms with Crippen molar-refractivity contribution < 1.29 is 14.3 Å². The Morgan fingerprint density at radius 3 is 2.22 bits per heavy atom. The van der Waals surface area contributed by atoms with Crippen molar-refractivity contribution >= 4 is 5.91 Å². The number of hydrogen-bond donors (Lipinski definition) is 2. The third kappa shape index (κ3) is 3.92. The molecule has 0 saturated heterocycles. The quantitative estimate of drug-likeness (QED) is 0.801. The zero-order chi connectivity index (χ0) is 13.8. The predicted octanol–water partition coefficient (Wildman–Crippen LogP) is 1.74. The van der Waals surface area contributed by atoms with Gasteiger partial charge in [0.25, 0.3) is 5.91 Å². The van der Waals surface area contributed by atoms with Crippen molar-refractivity contribution in [1.29, 1.82) is 0 Å². The number of carbonyl (C=O) groups is 1. The topological polar surface area (TPSA) is 59.6 Å². The molecule has 2 N–H and O–H groups in total. The van der Waals surface area contributed by atoms with Crippen LogP contribution in [-0.4, -0.2) is 25.7 Å². The van der Waals surface area contributed by atoms with E-state index < -0.39 is 0 Å². The molecule has 0 saturated carbocycles. The summed E-state index contributed by atoms with van der Waals surface area (Å²) in [7, 11) is 3.09. The minimum atomic E-state index is -0.217. The van der Waals surface area contributed by atoms with Crippen LogP contribution in [0.3, 0.4) is 0 Å². The van der Waals surface area contributed by atoms with E-state index in [1.54, 1.807) is 25.3 Å². The van der Waals surface area contributed by atoms with Crippen LogP contribution < -0.4 is 20.3 Å². The van der Waals surface area contributed by atoms with E-state index in [0.29, 0.717) is 17.1 Å². The first-order valence-electron chi connectivity index (χ1n) is 5.67. The molecule has 0 spiro atoms. The average Bonchev–Trinajstić information content (AvgIpc) is 2.34. The van der Waals surface area contributed by atoms with Crippen LogP contribution in [0.4, 0.5) is 0 Å². The summed E-state index contributed by atoms with van der Waals surface area (Å²) in [5.41, 5.74) is 5.87. The van der Waals surface area contributed by atoms with Crippen LogP contribution in [0, 0.1) is 0 Å². The Bertz CT molecular complexity index is 425. The Morgan fingerprint density at radius 2 is 1.72 bits per heavy atom. The number of hydrogen-bond acceptors (Lipinski definition) is 4. The van der Waals surface area contributed by atoms with Gasteiger partial charge < -0.3 is 9.47 Å². The standard InChI is InChI=1S/C13H20N2O3/c1-13(2,3)15-14-12(16)9-6-7-10(17-4)11(8-9)18-5/h6-8,15H,1-5H3,(H,14,16). The molecule has 5 nitrogen and oxygen atoms in total. The second-order valence-electron chi connectivity index (χ2n) is 4.90. The Labute approximate surface area is 107 Å². The smallest absolute Gasteiger partial charge is 0.265 e. The van der Waals surface area contributed by atoms with Gasteiger partial charge in [-0.25, -0.2) is 5.43 Å². The van der Waals surface area contributed by atoms with Crippen molar-refractivity contribution in [3.63, 3.8) is 0 Å². The molecule has 0 atom stereocenters. The van der Waals surface area contributed by atoms with Crippen LogP contribution in [0.25, 0.3) is 0 Å². The molecule has 0 aliphatic carbocycles. The fourth-order valence-electron chi connectivity index (χ4n) is 1.29. The highest BCUT2D eigenvalue weighted by molar-refractivity contribution is 5.94. The van der Waals surface area contributed by atoms with Crippen molar-refractivity contribution in [1.82, 2.24) is 10.9 Å². The summed E-state index contributed by atoms with van der Waals surface area (Å²) in [4.78, 5) is 11.9. The van der Waals surface area contributed by atoms with E-state index in [-0.39, 0.29) is 11.4 Å². The first kappa shape index (κ1) is 14.3. The van der Waals surface area contributed by atoms with Crippen molar-refractivity contribution in [2.45, 2.75) is 26.3 Å². The van der Waals surface area contributed by atoms with Gasteiger partial charge in [-0.05, 0) is 39.0 Å². The van der Waals surface area contributed by atoms with Gasteiger partial charge in [0.15, 0.2) is 11.5 Å². The van der Waals surface area contributed by atoms with Crippen LogP contribution >= 0.6 is 0 Å². The lowest BCUT2D eigenvalue weighted by Crippen LogP contribution is -2.48. The van der Waals surface area contributed by atoms with Crippen molar-refractivity contribution in [3.05, 3.63) is 23.8 Å². The number of hydrazine groups is 1. The number of rotatable bonds is 4. The molecule has 0 aliphatic rings. The van der Waals surface area contributed by atoms with E-state index in [9.17, 15) is 4.79 Å². The molecule has 100 valence electrons. The summed E-state index contributed by atoms with van der Waals surface area (Å²) < 4.78 is 10.3. The summed E-state index contributed by atoms with van der Waals surface area (Å²) in [6, 6.07) is 5.02. The molecular formula is C13H20N2O3. The van der Waals surface area contributed by atoms with Crippen LogP contribution in [0.5, 0.6) is 11.5 Å². The zero-order valence-corrected chi connectivity index (χ0v) is 11.5. The van der Waals surface area contributed by atoms with E-state index in [2.05, 4.69) is 10.9 Å². The Morgan fingerprint density at radius 1 is 1.11 bits per heavy atom. The fourth-order valence-corrected chi connectivity index (χ4v) is 1.29. The number of amides is 1. The van der Waals surface area contributed by atoms with Gasteiger partial charge >= 0.3 is 0 Å². The van der Waals surface area contributed by atoms with Crippen LogP contribution in [-0.2, 0) is 0 Å². The highest BCUT2D eigenvalue weighted by Crippen LogP contribution is 2.27. The fraction of sp³-hybridized carbons (Fsp3) is 0.462. The number of ether oxygens (including phenoxy) is 2. The summed E-state index contributed by atoms with van der Waals surface area (Å²) in [5, 5.41) is 0. The van der Waals surface area contributed by atoms with Gasteiger partial charge in [-0.15, -0.1) is 0 Å². The second kappa shape index (κ2) is 5.73. The first-order chi connectivity index (χ1) is 8.37. The minimum Gasteiger partial charge on any atom is -0.493 e. The molecule has 18 heavy (non-hydrogen) atoms. The van der Waals surface area contributed by atoms with Crippen molar-refractivity contribution in [3.8, 4) is 11.5 Å². The Balaban J connectivity index is 2.80. The third-order valence-corrected chi connectivity index (χ3v) is 2.20. The molecule has 1 amide bonds. The highest BCUT2D eigenvalue weighted by Gasteiger charge is 2.13. The lowest BCUT2D eigenvalue weighted by atomic mass is 10.1. The molecule has 1 aromatic rings. The second-order valence-corrected chi connectivity index (χ2v) is 4.90. The number of benzene rings is 1. The third-order valence-electron chi connectivity index (χ3n) is 2.20. The number of nitrogens with one attached hydrogen (secondary N) is 2. The maximum atomic E-state index is 11.9. The molecule has 0 radical (unpaired) electrons. The van der Waals surface area contributed by atoms with Crippen LogP contribution in [0.1, 0.15) is 31.1 Å². The van der Waals surface area contributed by atoms with Gasteiger partial charge in [-0.3, -0.25) is 10.2 Å². The first-order valence-corrected chi connectivity index (χ1v) is 5.67.